The number of aryl methyl sites for hydroxylation is 2. The lowest BCUT2D eigenvalue weighted by Gasteiger charge is -2.04. The summed E-state index contributed by atoms with van der Waals surface area (Å²) in [5.74, 6) is 0. The average molecular weight is 223 g/mol. The van der Waals surface area contributed by atoms with Crippen LogP contribution in [0.25, 0.3) is 0 Å². The Morgan fingerprint density at radius 3 is 2.25 bits per heavy atom. The van der Waals surface area contributed by atoms with Crippen molar-refractivity contribution in [3.05, 3.63) is 11.4 Å². The summed E-state index contributed by atoms with van der Waals surface area (Å²) >= 11 is 0. The molecule has 0 fully saturated rings. The van der Waals surface area contributed by atoms with E-state index in [9.17, 15) is 0 Å². The van der Waals surface area contributed by atoms with E-state index in [1.165, 1.54) is 38.5 Å². The second-order valence-electron chi connectivity index (χ2n) is 4.58. The van der Waals surface area contributed by atoms with Crippen LogP contribution < -0.4 is 5.73 Å². The van der Waals surface area contributed by atoms with Gasteiger partial charge in [0.25, 0.3) is 0 Å². The van der Waals surface area contributed by atoms with E-state index in [-0.39, 0.29) is 0 Å². The van der Waals surface area contributed by atoms with Gasteiger partial charge in [0.15, 0.2) is 0 Å². The van der Waals surface area contributed by atoms with Crippen molar-refractivity contribution in [2.75, 3.05) is 5.73 Å². The SMILES string of the molecule is CCCCCCCCn1nc(C)c(N)c1C. The van der Waals surface area contributed by atoms with Crippen LogP contribution in [0.2, 0.25) is 0 Å². The minimum Gasteiger partial charge on any atom is -0.396 e. The molecule has 0 saturated heterocycles. The molecular weight excluding hydrogens is 198 g/mol. The minimum absolute atomic E-state index is 0.853. The number of hydrogen-bond acceptors (Lipinski definition) is 2. The highest BCUT2D eigenvalue weighted by Gasteiger charge is 2.06. The number of anilines is 1. The molecular formula is C13H25N3. The molecule has 0 unspecified atom stereocenters. The first-order chi connectivity index (χ1) is 7.66. The molecule has 16 heavy (non-hydrogen) atoms. The van der Waals surface area contributed by atoms with Gasteiger partial charge in [0, 0.05) is 6.54 Å². The van der Waals surface area contributed by atoms with Gasteiger partial charge in [-0.15, -0.1) is 0 Å². The molecule has 0 spiro atoms. The van der Waals surface area contributed by atoms with Crippen molar-refractivity contribution >= 4 is 5.69 Å². The Bertz CT molecular complexity index is 315. The molecule has 0 amide bonds. The standard InChI is InChI=1S/C13H25N3/c1-4-5-6-7-8-9-10-16-12(3)13(14)11(2)15-16/h4-10,14H2,1-3H3. The quantitative estimate of drug-likeness (QED) is 0.720. The minimum atomic E-state index is 0.853. The van der Waals surface area contributed by atoms with Crippen LogP contribution in [0, 0.1) is 13.8 Å². The molecule has 2 N–H and O–H groups in total. The summed E-state index contributed by atoms with van der Waals surface area (Å²) in [6.07, 6.45) is 7.92. The molecule has 1 aromatic rings. The topological polar surface area (TPSA) is 43.8 Å². The Hall–Kier alpha value is -0.990. The van der Waals surface area contributed by atoms with Crippen LogP contribution in [0.1, 0.15) is 56.8 Å². The van der Waals surface area contributed by atoms with Crippen molar-refractivity contribution < 1.29 is 0 Å². The summed E-state index contributed by atoms with van der Waals surface area (Å²) < 4.78 is 2.05. The van der Waals surface area contributed by atoms with Crippen LogP contribution >= 0.6 is 0 Å². The second-order valence-corrected chi connectivity index (χ2v) is 4.58. The van der Waals surface area contributed by atoms with E-state index in [4.69, 9.17) is 5.73 Å². The smallest absolute Gasteiger partial charge is 0.0825 e. The van der Waals surface area contributed by atoms with E-state index >= 15 is 0 Å². The van der Waals surface area contributed by atoms with Gasteiger partial charge in [0.1, 0.15) is 0 Å². The van der Waals surface area contributed by atoms with Crippen LogP contribution in [0.4, 0.5) is 5.69 Å². The van der Waals surface area contributed by atoms with Gasteiger partial charge in [0.2, 0.25) is 0 Å². The van der Waals surface area contributed by atoms with Crippen LogP contribution in [-0.2, 0) is 6.54 Å². The highest BCUT2D eigenvalue weighted by atomic mass is 15.3. The van der Waals surface area contributed by atoms with Crippen LogP contribution in [0.5, 0.6) is 0 Å². The molecule has 3 heteroatoms. The first-order valence-electron chi connectivity index (χ1n) is 6.46. The van der Waals surface area contributed by atoms with Crippen molar-refractivity contribution in [1.29, 1.82) is 0 Å². The molecule has 1 aromatic heterocycles. The Labute approximate surface area is 99.0 Å². The zero-order valence-electron chi connectivity index (χ0n) is 10.9. The summed E-state index contributed by atoms with van der Waals surface area (Å²) in [6, 6.07) is 0. The number of hydrogen-bond donors (Lipinski definition) is 1. The lowest BCUT2D eigenvalue weighted by molar-refractivity contribution is 0.518. The van der Waals surface area contributed by atoms with Gasteiger partial charge in [0.05, 0.1) is 17.1 Å². The monoisotopic (exact) mass is 223 g/mol. The zero-order valence-corrected chi connectivity index (χ0v) is 10.9. The number of nitrogens with zero attached hydrogens (tertiary/aromatic N) is 2. The maximum Gasteiger partial charge on any atom is 0.0825 e. The van der Waals surface area contributed by atoms with Gasteiger partial charge in [-0.1, -0.05) is 39.0 Å². The third-order valence-corrected chi connectivity index (χ3v) is 3.16. The molecule has 0 bridgehead atoms. The molecule has 1 rings (SSSR count). The highest BCUT2D eigenvalue weighted by Crippen LogP contribution is 2.15. The first kappa shape index (κ1) is 13.1. The van der Waals surface area contributed by atoms with E-state index in [0.717, 1.165) is 23.6 Å². The van der Waals surface area contributed by atoms with Crippen LogP contribution in [0.15, 0.2) is 0 Å². The Morgan fingerprint density at radius 1 is 1.06 bits per heavy atom. The summed E-state index contributed by atoms with van der Waals surface area (Å²) in [7, 11) is 0. The molecule has 0 aliphatic carbocycles. The van der Waals surface area contributed by atoms with Crippen LogP contribution in [-0.4, -0.2) is 9.78 Å². The van der Waals surface area contributed by atoms with E-state index in [1.807, 2.05) is 18.5 Å². The molecule has 0 saturated carbocycles. The fourth-order valence-electron chi connectivity index (χ4n) is 1.97. The molecule has 1 heterocycles. The van der Waals surface area contributed by atoms with Gasteiger partial charge in [-0.3, -0.25) is 4.68 Å². The molecule has 0 aromatic carbocycles. The third kappa shape index (κ3) is 3.54. The molecule has 3 nitrogen and oxygen atoms in total. The van der Waals surface area contributed by atoms with Gasteiger partial charge in [-0.25, -0.2) is 0 Å². The van der Waals surface area contributed by atoms with Crippen molar-refractivity contribution in [3.8, 4) is 0 Å². The van der Waals surface area contributed by atoms with Crippen molar-refractivity contribution in [2.24, 2.45) is 0 Å². The van der Waals surface area contributed by atoms with E-state index in [0.29, 0.717) is 0 Å². The molecule has 0 aliphatic heterocycles. The number of aromatic nitrogens is 2. The summed E-state index contributed by atoms with van der Waals surface area (Å²) in [4.78, 5) is 0. The maximum absolute atomic E-state index is 5.89. The normalized spacial score (nSPS) is 10.9. The largest absolute Gasteiger partial charge is 0.396 e. The summed E-state index contributed by atoms with van der Waals surface area (Å²) in [6.45, 7) is 7.28. The van der Waals surface area contributed by atoms with E-state index in [2.05, 4.69) is 12.0 Å². The van der Waals surface area contributed by atoms with Crippen molar-refractivity contribution in [1.82, 2.24) is 9.78 Å². The Morgan fingerprint density at radius 2 is 1.69 bits per heavy atom. The number of unbranched alkanes of at least 4 members (excludes halogenated alkanes) is 5. The number of rotatable bonds is 7. The number of nitrogen functional groups attached to an aromatic ring is 1. The van der Waals surface area contributed by atoms with Crippen molar-refractivity contribution in [2.45, 2.75) is 65.8 Å². The first-order valence-corrected chi connectivity index (χ1v) is 6.46. The van der Waals surface area contributed by atoms with Gasteiger partial charge in [-0.05, 0) is 20.3 Å². The number of nitrogens with two attached hydrogens (primary N) is 1. The Balaban J connectivity index is 2.24. The third-order valence-electron chi connectivity index (χ3n) is 3.16. The average Bonchev–Trinajstić information content (AvgIpc) is 2.51. The Kier molecular flexibility index (Phi) is 5.36. The highest BCUT2D eigenvalue weighted by molar-refractivity contribution is 5.46. The summed E-state index contributed by atoms with van der Waals surface area (Å²) in [5.41, 5.74) is 8.82. The maximum atomic E-state index is 5.89. The molecule has 0 atom stereocenters. The zero-order chi connectivity index (χ0) is 12.0. The van der Waals surface area contributed by atoms with Gasteiger partial charge >= 0.3 is 0 Å². The fourth-order valence-corrected chi connectivity index (χ4v) is 1.97. The van der Waals surface area contributed by atoms with Crippen molar-refractivity contribution in [3.63, 3.8) is 0 Å². The predicted octanol–water partition coefficient (Wildman–Crippen LogP) is 3.44. The lowest BCUT2D eigenvalue weighted by atomic mass is 10.1. The predicted molar refractivity (Wildman–Crippen MR) is 69.5 cm³/mol. The van der Waals surface area contributed by atoms with Gasteiger partial charge in [-0.2, -0.15) is 5.10 Å². The van der Waals surface area contributed by atoms with E-state index in [1.54, 1.807) is 0 Å². The molecule has 0 radical (unpaired) electrons. The fraction of sp³-hybridized carbons (Fsp3) is 0.769. The van der Waals surface area contributed by atoms with E-state index < -0.39 is 0 Å². The summed E-state index contributed by atoms with van der Waals surface area (Å²) in [5, 5.41) is 4.44. The molecule has 0 aliphatic rings. The molecule has 92 valence electrons. The van der Waals surface area contributed by atoms with Crippen LogP contribution in [0.3, 0.4) is 0 Å². The second kappa shape index (κ2) is 6.56. The van der Waals surface area contributed by atoms with Gasteiger partial charge < -0.3 is 5.73 Å². The lowest BCUT2D eigenvalue weighted by Crippen LogP contribution is -2.03.